The zero-order valence-electron chi connectivity index (χ0n) is 16.0. The van der Waals surface area contributed by atoms with Crippen LogP contribution in [0, 0.1) is 6.08 Å². The number of rotatable bonds is 1. The molecule has 3 heteroatoms. The molecular weight excluding hydrogens is 450 g/mol. The van der Waals surface area contributed by atoms with E-state index in [1.807, 2.05) is 6.07 Å². The van der Waals surface area contributed by atoms with Gasteiger partial charge in [0.2, 0.25) is 0 Å². The molecule has 3 aromatic carbocycles. The first-order valence-electron chi connectivity index (χ1n) is 8.53. The van der Waals surface area contributed by atoms with Crippen molar-refractivity contribution in [3.05, 3.63) is 102 Å². The van der Waals surface area contributed by atoms with Gasteiger partial charge >= 0.3 is 70.3 Å². The van der Waals surface area contributed by atoms with Crippen molar-refractivity contribution in [3.63, 3.8) is 0 Å². The molecule has 0 unspecified atom stereocenters. The van der Waals surface area contributed by atoms with Crippen LogP contribution in [0.4, 0.5) is 0 Å². The van der Waals surface area contributed by atoms with E-state index in [9.17, 15) is 0 Å². The largest absolute Gasteiger partial charge is 1.00 e. The fourth-order valence-electron chi connectivity index (χ4n) is 2.41. The van der Waals surface area contributed by atoms with E-state index in [0.29, 0.717) is 0 Å². The summed E-state index contributed by atoms with van der Waals surface area (Å²) in [6.07, 6.45) is 6.41. The van der Waals surface area contributed by atoms with Crippen molar-refractivity contribution >= 4 is 14.0 Å². The summed E-state index contributed by atoms with van der Waals surface area (Å²) in [6.45, 7) is 6.38. The molecule has 0 aliphatic heterocycles. The zero-order valence-corrected chi connectivity index (χ0v) is 19.9. The van der Waals surface area contributed by atoms with E-state index in [4.69, 9.17) is 0 Å². The molecule has 0 heterocycles. The number of hydrogen-bond donors (Lipinski definition) is 0. The van der Waals surface area contributed by atoms with Gasteiger partial charge in [-0.3, -0.25) is 6.08 Å². The normalized spacial score (nSPS) is 11.4. The molecule has 1 aliphatic carbocycles. The summed E-state index contributed by atoms with van der Waals surface area (Å²) in [6, 6.07) is 25.1. The standard InChI is InChI=1S/C9H7.C8H8.C7H9.2ClH.Zr/c1-2-5-9-7-3-6-8(9)4-1;1-2-8-6-4-3-5-7-8;1-6-4-3-5-7(6)2;;;/h1-7H;3-7H,1H3;4H,3H2,1-2H3;2*1H;/q-1;;-1;;;+2/p-2. The summed E-state index contributed by atoms with van der Waals surface area (Å²) in [4.78, 5) is 0. The molecular formula is C24H24Cl2Zr-2. The third-order valence-corrected chi connectivity index (χ3v) is 4.83. The third kappa shape index (κ3) is 9.07. The van der Waals surface area contributed by atoms with Crippen molar-refractivity contribution in [2.45, 2.75) is 27.2 Å². The molecule has 27 heavy (non-hydrogen) atoms. The molecule has 3 aromatic rings. The first-order chi connectivity index (χ1) is 12.1. The van der Waals surface area contributed by atoms with Gasteiger partial charge in [0, 0.05) is 0 Å². The third-order valence-electron chi connectivity index (χ3n) is 4.12. The van der Waals surface area contributed by atoms with Gasteiger partial charge in [0.25, 0.3) is 0 Å². The fraction of sp³-hybridized carbons (Fsp3) is 0.167. The minimum Gasteiger partial charge on any atom is -1.00 e. The molecule has 1 aliphatic rings. The maximum atomic E-state index is 3.19. The van der Waals surface area contributed by atoms with Crippen molar-refractivity contribution in [1.29, 1.82) is 0 Å². The van der Waals surface area contributed by atoms with Gasteiger partial charge < -0.3 is 24.8 Å². The quantitative estimate of drug-likeness (QED) is 0.449. The summed E-state index contributed by atoms with van der Waals surface area (Å²) < 4.78 is 1.46. The molecule has 0 amide bonds. The van der Waals surface area contributed by atoms with Gasteiger partial charge in [-0.2, -0.15) is 23.6 Å². The van der Waals surface area contributed by atoms with Crippen LogP contribution in [0.1, 0.15) is 32.8 Å². The molecule has 0 saturated heterocycles. The molecule has 4 rings (SSSR count). The average molecular weight is 475 g/mol. The number of hydrogen-bond acceptors (Lipinski definition) is 0. The van der Waals surface area contributed by atoms with Crippen LogP contribution in [-0.2, 0) is 24.2 Å². The van der Waals surface area contributed by atoms with Gasteiger partial charge in [0.15, 0.2) is 0 Å². The predicted octanol–water partition coefficient (Wildman–Crippen LogP) is 0.426. The van der Waals surface area contributed by atoms with E-state index >= 15 is 0 Å². The second-order valence-electron chi connectivity index (χ2n) is 6.04. The Balaban J connectivity index is 0.000000365. The van der Waals surface area contributed by atoms with Crippen molar-refractivity contribution < 1.29 is 49.0 Å². The van der Waals surface area contributed by atoms with Crippen LogP contribution in [-0.4, -0.2) is 3.21 Å². The number of fused-ring (bicyclic) bond motifs is 1. The molecule has 0 fully saturated rings. The van der Waals surface area contributed by atoms with Crippen LogP contribution in [0.3, 0.4) is 0 Å². The van der Waals surface area contributed by atoms with Crippen LogP contribution in [0.2, 0.25) is 0 Å². The van der Waals surface area contributed by atoms with E-state index in [1.54, 1.807) is 0 Å². The number of benzene rings is 2. The smallest absolute Gasteiger partial charge is 0.0809 e. The molecule has 0 nitrogen and oxygen atoms in total. The Morgan fingerprint density at radius 3 is 2.00 bits per heavy atom. The molecule has 0 aromatic heterocycles. The Kier molecular flexibility index (Phi) is 13.4. The Labute approximate surface area is 190 Å². The molecule has 0 bridgehead atoms. The van der Waals surface area contributed by atoms with Gasteiger partial charge in [-0.15, -0.1) is 43.0 Å². The Morgan fingerprint density at radius 2 is 1.56 bits per heavy atom. The molecule has 0 saturated carbocycles. The van der Waals surface area contributed by atoms with Crippen LogP contribution in [0.25, 0.3) is 10.8 Å². The Bertz CT molecular complexity index is 827. The predicted molar refractivity (Wildman–Crippen MR) is 107 cm³/mol. The van der Waals surface area contributed by atoms with Crippen LogP contribution >= 0.6 is 0 Å². The first kappa shape index (κ1) is 25.9. The van der Waals surface area contributed by atoms with Gasteiger partial charge in [-0.05, 0) is 0 Å². The average Bonchev–Trinajstić information content (AvgIpc) is 3.26. The molecule has 140 valence electrons. The summed E-state index contributed by atoms with van der Waals surface area (Å²) >= 11 is 1.51. The maximum Gasteiger partial charge on any atom is -0.0809 e. The van der Waals surface area contributed by atoms with E-state index in [0.717, 1.165) is 6.42 Å². The van der Waals surface area contributed by atoms with Crippen molar-refractivity contribution in [1.82, 2.24) is 0 Å². The van der Waals surface area contributed by atoms with E-state index in [2.05, 4.69) is 99.7 Å². The minimum atomic E-state index is 0. The molecule has 0 spiro atoms. The SMILES string of the molecule is CC1=[C-]CC=C1C.C[C](=[Zr+2])c1ccccc1.[Cl-].[Cl-].c1ccc2[cH-]ccc2c1. The summed E-state index contributed by atoms with van der Waals surface area (Å²) in [5.74, 6) is 0. The molecule has 0 radical (unpaired) electrons. The van der Waals surface area contributed by atoms with Crippen molar-refractivity contribution in [2.24, 2.45) is 0 Å². The fourth-order valence-corrected chi connectivity index (χ4v) is 2.82. The van der Waals surface area contributed by atoms with Gasteiger partial charge in [-0.25, -0.2) is 11.1 Å². The second kappa shape index (κ2) is 13.9. The van der Waals surface area contributed by atoms with Gasteiger partial charge in [0.05, 0.1) is 0 Å². The number of allylic oxidation sites excluding steroid dienone is 4. The van der Waals surface area contributed by atoms with E-state index in [1.165, 1.54) is 54.9 Å². The van der Waals surface area contributed by atoms with Crippen LogP contribution < -0.4 is 24.8 Å². The maximum absolute atomic E-state index is 3.19. The minimum absolute atomic E-state index is 0. The zero-order chi connectivity index (χ0) is 18.1. The second-order valence-corrected chi connectivity index (χ2v) is 7.88. The van der Waals surface area contributed by atoms with Crippen LogP contribution in [0.5, 0.6) is 0 Å². The first-order valence-corrected chi connectivity index (χ1v) is 9.76. The summed E-state index contributed by atoms with van der Waals surface area (Å²) in [7, 11) is 0. The summed E-state index contributed by atoms with van der Waals surface area (Å²) in [5.41, 5.74) is 4.08. The van der Waals surface area contributed by atoms with Gasteiger partial charge in [0.1, 0.15) is 0 Å². The van der Waals surface area contributed by atoms with E-state index in [-0.39, 0.29) is 24.8 Å². The van der Waals surface area contributed by atoms with Crippen molar-refractivity contribution in [3.8, 4) is 0 Å². The molecule has 0 atom stereocenters. The van der Waals surface area contributed by atoms with Crippen molar-refractivity contribution in [2.75, 3.05) is 0 Å². The van der Waals surface area contributed by atoms with Gasteiger partial charge in [-0.1, -0.05) is 13.0 Å². The Hall–Kier alpha value is -1.14. The summed E-state index contributed by atoms with van der Waals surface area (Å²) in [5, 5.41) is 2.66. The molecule has 0 N–H and O–H groups in total. The van der Waals surface area contributed by atoms with E-state index < -0.39 is 0 Å². The monoisotopic (exact) mass is 472 g/mol. The topological polar surface area (TPSA) is 0 Å². The number of halogens is 2. The van der Waals surface area contributed by atoms with Crippen LogP contribution in [0.15, 0.2) is 90.0 Å². The Morgan fingerprint density at radius 1 is 0.926 bits per heavy atom.